The molecule has 0 aromatic heterocycles. The Morgan fingerprint density at radius 1 is 0.622 bits per heavy atom. The molecule has 2 aromatic rings. The largest absolute Gasteiger partial charge is 0.493 e. The summed E-state index contributed by atoms with van der Waals surface area (Å²) in [6.45, 7) is 3.36. The van der Waals surface area contributed by atoms with Crippen LogP contribution >= 0.6 is 0 Å². The van der Waals surface area contributed by atoms with Crippen molar-refractivity contribution in [3.05, 3.63) is 59.7 Å². The number of esters is 1. The number of benzene rings is 2. The molecule has 0 bridgehead atoms. The molecule has 4 heteroatoms. The van der Waals surface area contributed by atoms with Gasteiger partial charge in [-0.25, -0.2) is 4.79 Å². The summed E-state index contributed by atoms with van der Waals surface area (Å²) in [7, 11) is 1.39. The molecule has 0 heterocycles. The number of hydrogen-bond donors (Lipinski definition) is 0. The van der Waals surface area contributed by atoms with E-state index >= 15 is 0 Å². The maximum absolute atomic E-state index is 12.1. The Hall–Kier alpha value is -2.49. The van der Waals surface area contributed by atoms with Crippen LogP contribution in [0.5, 0.6) is 11.5 Å². The maximum atomic E-state index is 12.1. The van der Waals surface area contributed by atoms with Crippen molar-refractivity contribution in [3.8, 4) is 11.5 Å². The zero-order valence-electron chi connectivity index (χ0n) is 23.5. The summed E-state index contributed by atoms with van der Waals surface area (Å²) in [4.78, 5) is 12.1. The molecule has 0 spiro atoms. The van der Waals surface area contributed by atoms with Crippen LogP contribution in [-0.4, -0.2) is 19.7 Å². The van der Waals surface area contributed by atoms with E-state index in [0.717, 1.165) is 12.0 Å². The molecular weight excluding hydrogens is 460 g/mol. The molecule has 0 N–H and O–H groups in total. The molecule has 0 fully saturated rings. The van der Waals surface area contributed by atoms with Crippen molar-refractivity contribution in [2.24, 2.45) is 0 Å². The minimum Gasteiger partial charge on any atom is -0.493 e. The molecule has 206 valence electrons. The summed E-state index contributed by atoms with van der Waals surface area (Å²) < 4.78 is 16.8. The summed E-state index contributed by atoms with van der Waals surface area (Å²) in [5.41, 5.74) is 1.51. The van der Waals surface area contributed by atoms with Crippen LogP contribution in [0.2, 0.25) is 0 Å². The first kappa shape index (κ1) is 30.7. The van der Waals surface area contributed by atoms with Gasteiger partial charge in [0, 0.05) is 6.07 Å². The molecule has 0 aliphatic rings. The minimum absolute atomic E-state index is 0.391. The van der Waals surface area contributed by atoms with E-state index in [1.54, 1.807) is 12.1 Å². The fourth-order valence-corrected chi connectivity index (χ4v) is 4.56. The molecule has 2 aromatic carbocycles. The summed E-state index contributed by atoms with van der Waals surface area (Å²) in [5, 5.41) is 0. The van der Waals surface area contributed by atoms with Crippen molar-refractivity contribution in [1.82, 2.24) is 0 Å². The number of unbranched alkanes of at least 4 members (excludes halogenated alkanes) is 15. The van der Waals surface area contributed by atoms with E-state index < -0.39 is 5.97 Å². The lowest BCUT2D eigenvalue weighted by atomic mass is 10.0. The van der Waals surface area contributed by atoms with Crippen LogP contribution < -0.4 is 9.47 Å². The molecule has 0 aliphatic heterocycles. The van der Waals surface area contributed by atoms with Crippen LogP contribution in [0.3, 0.4) is 0 Å². The normalized spacial score (nSPS) is 10.9. The fraction of sp³-hybridized carbons (Fsp3) is 0.606. The molecule has 37 heavy (non-hydrogen) atoms. The third kappa shape index (κ3) is 14.7. The number of carbonyl (C=O) groups is 1. The van der Waals surface area contributed by atoms with Gasteiger partial charge in [0.25, 0.3) is 0 Å². The van der Waals surface area contributed by atoms with Crippen LogP contribution in [0.1, 0.15) is 126 Å². The van der Waals surface area contributed by atoms with Gasteiger partial charge < -0.3 is 14.2 Å². The molecule has 2 rings (SSSR count). The minimum atomic E-state index is -0.391. The molecule has 0 unspecified atom stereocenters. The number of carbonyl (C=O) groups excluding carboxylic acids is 1. The van der Waals surface area contributed by atoms with E-state index in [1.165, 1.54) is 103 Å². The standard InChI is InChI=1S/C33H50O4/c1-3-4-5-6-7-8-9-10-11-12-13-14-15-16-17-21-24-36-31-25-30(33(34)35-2)26-32(27-31)37-28-29-22-19-18-20-23-29/h18-20,22-23,25-27H,3-17,21,24,28H2,1-2H3. The fourth-order valence-electron chi connectivity index (χ4n) is 4.56. The first-order valence-electron chi connectivity index (χ1n) is 14.8. The Bertz CT molecular complexity index is 833. The summed E-state index contributed by atoms with van der Waals surface area (Å²) in [6, 6.07) is 15.3. The maximum Gasteiger partial charge on any atom is 0.338 e. The highest BCUT2D eigenvalue weighted by Crippen LogP contribution is 2.25. The quantitative estimate of drug-likeness (QED) is 0.117. The highest BCUT2D eigenvalue weighted by molar-refractivity contribution is 5.90. The topological polar surface area (TPSA) is 44.8 Å². The third-order valence-electron chi connectivity index (χ3n) is 6.82. The lowest BCUT2D eigenvalue weighted by molar-refractivity contribution is 0.0599. The zero-order chi connectivity index (χ0) is 26.4. The molecule has 0 aliphatic carbocycles. The molecule has 0 radical (unpaired) electrons. The highest BCUT2D eigenvalue weighted by Gasteiger charge is 2.11. The SMILES string of the molecule is CCCCCCCCCCCCCCCCCCOc1cc(OCc2ccccc2)cc(C(=O)OC)c1. The van der Waals surface area contributed by atoms with E-state index in [-0.39, 0.29) is 0 Å². The molecule has 4 nitrogen and oxygen atoms in total. The second-order valence-electron chi connectivity index (χ2n) is 10.1. The number of ether oxygens (including phenoxy) is 3. The second-order valence-corrected chi connectivity index (χ2v) is 10.1. The van der Waals surface area contributed by atoms with E-state index in [1.807, 2.05) is 36.4 Å². The predicted molar refractivity (Wildman–Crippen MR) is 154 cm³/mol. The van der Waals surface area contributed by atoms with Crippen molar-refractivity contribution in [1.29, 1.82) is 0 Å². The predicted octanol–water partition coefficient (Wildman–Crippen LogP) is 9.69. The Morgan fingerprint density at radius 3 is 1.62 bits per heavy atom. The number of hydrogen-bond acceptors (Lipinski definition) is 4. The lowest BCUT2D eigenvalue weighted by Crippen LogP contribution is -2.05. The van der Waals surface area contributed by atoms with Gasteiger partial charge in [0.2, 0.25) is 0 Å². The van der Waals surface area contributed by atoms with Gasteiger partial charge in [-0.1, -0.05) is 134 Å². The van der Waals surface area contributed by atoms with Gasteiger partial charge in [-0.3, -0.25) is 0 Å². The zero-order valence-corrected chi connectivity index (χ0v) is 23.5. The lowest BCUT2D eigenvalue weighted by Gasteiger charge is -2.12. The molecule has 0 saturated heterocycles. The average Bonchev–Trinajstić information content (AvgIpc) is 2.93. The van der Waals surface area contributed by atoms with Crippen LogP contribution in [0.4, 0.5) is 0 Å². The Kier molecular flexibility index (Phi) is 17.1. The van der Waals surface area contributed by atoms with Crippen molar-refractivity contribution in [2.45, 2.75) is 116 Å². The van der Waals surface area contributed by atoms with Crippen molar-refractivity contribution in [3.63, 3.8) is 0 Å². The van der Waals surface area contributed by atoms with Crippen molar-refractivity contribution in [2.75, 3.05) is 13.7 Å². The third-order valence-corrected chi connectivity index (χ3v) is 6.82. The van der Waals surface area contributed by atoms with Gasteiger partial charge in [0.1, 0.15) is 18.1 Å². The van der Waals surface area contributed by atoms with Gasteiger partial charge in [0.15, 0.2) is 0 Å². The van der Waals surface area contributed by atoms with Gasteiger partial charge in [-0.05, 0) is 24.1 Å². The van der Waals surface area contributed by atoms with E-state index in [9.17, 15) is 4.79 Å². The van der Waals surface area contributed by atoms with Gasteiger partial charge in [-0.2, -0.15) is 0 Å². The molecular formula is C33H50O4. The number of rotatable bonds is 22. The van der Waals surface area contributed by atoms with Crippen LogP contribution in [0.15, 0.2) is 48.5 Å². The van der Waals surface area contributed by atoms with Crippen molar-refractivity contribution < 1.29 is 19.0 Å². The molecule has 0 amide bonds. The highest BCUT2D eigenvalue weighted by atomic mass is 16.5. The van der Waals surface area contributed by atoms with Crippen molar-refractivity contribution >= 4 is 5.97 Å². The van der Waals surface area contributed by atoms with Crippen LogP contribution in [0, 0.1) is 0 Å². The van der Waals surface area contributed by atoms with Gasteiger partial charge in [0.05, 0.1) is 19.3 Å². The first-order chi connectivity index (χ1) is 18.2. The summed E-state index contributed by atoms with van der Waals surface area (Å²) in [6.07, 6.45) is 21.6. The van der Waals surface area contributed by atoms with Crippen LogP contribution in [-0.2, 0) is 11.3 Å². The first-order valence-corrected chi connectivity index (χ1v) is 14.8. The van der Waals surface area contributed by atoms with E-state index in [4.69, 9.17) is 14.2 Å². The average molecular weight is 511 g/mol. The summed E-state index contributed by atoms with van der Waals surface area (Å²) >= 11 is 0. The Morgan fingerprint density at radius 2 is 1.11 bits per heavy atom. The Balaban J connectivity index is 1.54. The summed E-state index contributed by atoms with van der Waals surface area (Å²) in [5.74, 6) is 0.859. The molecule has 0 saturated carbocycles. The van der Waals surface area contributed by atoms with Gasteiger partial charge >= 0.3 is 5.97 Å². The monoisotopic (exact) mass is 510 g/mol. The second kappa shape index (κ2) is 20.6. The van der Waals surface area contributed by atoms with E-state index in [0.29, 0.717) is 30.3 Å². The van der Waals surface area contributed by atoms with Crippen LogP contribution in [0.25, 0.3) is 0 Å². The Labute approximate surface area is 226 Å². The number of methoxy groups -OCH3 is 1. The van der Waals surface area contributed by atoms with Gasteiger partial charge in [-0.15, -0.1) is 0 Å². The smallest absolute Gasteiger partial charge is 0.338 e. The molecule has 0 atom stereocenters. The van der Waals surface area contributed by atoms with E-state index in [2.05, 4.69) is 6.92 Å².